The van der Waals surface area contributed by atoms with E-state index in [4.69, 9.17) is 10.2 Å². The first-order valence-electron chi connectivity index (χ1n) is 4.77. The van der Waals surface area contributed by atoms with Crippen LogP contribution in [-0.2, 0) is 9.59 Å². The van der Waals surface area contributed by atoms with Crippen LogP contribution in [0.15, 0.2) is 0 Å². The first kappa shape index (κ1) is 12.9. The molecule has 0 aromatic heterocycles. The van der Waals surface area contributed by atoms with Gasteiger partial charge in [-0.25, -0.2) is 0 Å². The molecule has 4 nitrogen and oxygen atoms in total. The second-order valence-corrected chi connectivity index (χ2v) is 3.34. The molecule has 0 spiro atoms. The highest BCUT2D eigenvalue weighted by atomic mass is 16.4. The predicted molar refractivity (Wildman–Crippen MR) is 51.8 cm³/mol. The minimum atomic E-state index is -0.889. The molecule has 1 radical (unpaired) electrons. The Hall–Kier alpha value is -1.06. The molecule has 0 heterocycles. The molecule has 0 aliphatic heterocycles. The van der Waals surface area contributed by atoms with Gasteiger partial charge in [-0.3, -0.25) is 9.59 Å². The molecule has 0 aliphatic carbocycles. The molecular formula is C10H17O4. The number of hydrogen-bond acceptors (Lipinski definition) is 2. The zero-order chi connectivity index (χ0) is 11.1. The molecule has 0 fully saturated rings. The fourth-order valence-corrected chi connectivity index (χ4v) is 1.30. The van der Waals surface area contributed by atoms with E-state index in [0.29, 0.717) is 25.7 Å². The van der Waals surface area contributed by atoms with Crippen molar-refractivity contribution in [1.82, 2.24) is 0 Å². The standard InChI is InChI=1S/C10H17O4/c1-3-7(9(11)12)5-6-8(4-2)10(13)14/h7-8H,1,3-6H2,2H3,(H,11,12)(H,13,14). The SMILES string of the molecule is [CH2]CC(CCC(CC)C(=O)O)C(=O)O. The molecule has 2 atom stereocenters. The van der Waals surface area contributed by atoms with Crippen molar-refractivity contribution in [2.45, 2.75) is 32.6 Å². The summed E-state index contributed by atoms with van der Waals surface area (Å²) in [5, 5.41) is 17.4. The zero-order valence-electron chi connectivity index (χ0n) is 8.40. The number of aliphatic carboxylic acids is 2. The van der Waals surface area contributed by atoms with Crippen molar-refractivity contribution in [1.29, 1.82) is 0 Å². The number of carbonyl (C=O) groups is 2. The van der Waals surface area contributed by atoms with Gasteiger partial charge in [0, 0.05) is 0 Å². The molecule has 0 aromatic carbocycles. The first-order chi connectivity index (χ1) is 6.52. The highest BCUT2D eigenvalue weighted by Crippen LogP contribution is 2.18. The Morgan fingerprint density at radius 2 is 1.57 bits per heavy atom. The van der Waals surface area contributed by atoms with Crippen molar-refractivity contribution in [3.8, 4) is 0 Å². The van der Waals surface area contributed by atoms with E-state index in [1.165, 1.54) is 0 Å². The van der Waals surface area contributed by atoms with Gasteiger partial charge >= 0.3 is 11.9 Å². The molecule has 14 heavy (non-hydrogen) atoms. The van der Waals surface area contributed by atoms with Crippen molar-refractivity contribution in [2.24, 2.45) is 11.8 Å². The Balaban J connectivity index is 4.00. The van der Waals surface area contributed by atoms with Crippen LogP contribution < -0.4 is 0 Å². The van der Waals surface area contributed by atoms with E-state index in [0.717, 1.165) is 0 Å². The van der Waals surface area contributed by atoms with Gasteiger partial charge in [-0.2, -0.15) is 0 Å². The second kappa shape index (κ2) is 6.40. The van der Waals surface area contributed by atoms with Crippen molar-refractivity contribution in [2.75, 3.05) is 0 Å². The minimum Gasteiger partial charge on any atom is -0.481 e. The summed E-state index contributed by atoms with van der Waals surface area (Å²) in [6.45, 7) is 5.32. The Labute approximate surface area is 83.9 Å². The van der Waals surface area contributed by atoms with Gasteiger partial charge in [-0.1, -0.05) is 13.8 Å². The predicted octanol–water partition coefficient (Wildman–Crippen LogP) is 1.80. The lowest BCUT2D eigenvalue weighted by Crippen LogP contribution is -2.18. The highest BCUT2D eigenvalue weighted by Gasteiger charge is 2.20. The first-order valence-corrected chi connectivity index (χ1v) is 4.77. The van der Waals surface area contributed by atoms with E-state index in [2.05, 4.69) is 6.92 Å². The summed E-state index contributed by atoms with van der Waals surface area (Å²) in [5.74, 6) is -2.67. The zero-order valence-corrected chi connectivity index (χ0v) is 8.40. The molecule has 2 N–H and O–H groups in total. The largest absolute Gasteiger partial charge is 0.481 e. The number of carboxylic acid groups (broad SMARTS) is 2. The average molecular weight is 201 g/mol. The summed E-state index contributed by atoms with van der Waals surface area (Å²) in [7, 11) is 0. The van der Waals surface area contributed by atoms with Crippen LogP contribution in [0.3, 0.4) is 0 Å². The maximum absolute atomic E-state index is 10.6. The van der Waals surface area contributed by atoms with Crippen LogP contribution in [0.2, 0.25) is 0 Å². The van der Waals surface area contributed by atoms with E-state index in [1.54, 1.807) is 6.92 Å². The number of hydrogen-bond donors (Lipinski definition) is 2. The van der Waals surface area contributed by atoms with Gasteiger partial charge in [0.25, 0.3) is 0 Å². The van der Waals surface area contributed by atoms with Crippen molar-refractivity contribution in [3.63, 3.8) is 0 Å². The van der Waals surface area contributed by atoms with Crippen molar-refractivity contribution in [3.05, 3.63) is 6.92 Å². The maximum Gasteiger partial charge on any atom is 0.306 e. The van der Waals surface area contributed by atoms with Gasteiger partial charge in [0.15, 0.2) is 0 Å². The van der Waals surface area contributed by atoms with E-state index in [9.17, 15) is 9.59 Å². The lowest BCUT2D eigenvalue weighted by molar-refractivity contribution is -0.145. The summed E-state index contributed by atoms with van der Waals surface area (Å²) in [6.07, 6.45) is 1.66. The molecule has 81 valence electrons. The molecule has 0 rings (SSSR count). The van der Waals surface area contributed by atoms with Gasteiger partial charge in [0.05, 0.1) is 11.8 Å². The topological polar surface area (TPSA) is 74.6 Å². The fraction of sp³-hybridized carbons (Fsp3) is 0.700. The van der Waals surface area contributed by atoms with Crippen LogP contribution >= 0.6 is 0 Å². The van der Waals surface area contributed by atoms with E-state index < -0.39 is 23.8 Å². The number of rotatable bonds is 7. The van der Waals surface area contributed by atoms with Crippen LogP contribution in [0.4, 0.5) is 0 Å². The third kappa shape index (κ3) is 4.25. The van der Waals surface area contributed by atoms with Crippen LogP contribution in [-0.4, -0.2) is 22.2 Å². The quantitative estimate of drug-likeness (QED) is 0.658. The van der Waals surface area contributed by atoms with Gasteiger partial charge in [-0.15, -0.1) is 0 Å². The third-order valence-corrected chi connectivity index (χ3v) is 2.40. The van der Waals surface area contributed by atoms with Crippen LogP contribution in [0, 0.1) is 18.8 Å². The minimum absolute atomic E-state index is 0.311. The Kier molecular flexibility index (Phi) is 5.92. The van der Waals surface area contributed by atoms with E-state index >= 15 is 0 Å². The summed E-state index contributed by atoms with van der Waals surface area (Å²) in [5.41, 5.74) is 0. The molecule has 0 aliphatic rings. The van der Waals surface area contributed by atoms with Gasteiger partial charge < -0.3 is 10.2 Å². The van der Waals surface area contributed by atoms with Crippen molar-refractivity contribution >= 4 is 11.9 Å². The molecule has 0 saturated carbocycles. The Morgan fingerprint density at radius 3 is 1.86 bits per heavy atom. The highest BCUT2D eigenvalue weighted by molar-refractivity contribution is 5.71. The second-order valence-electron chi connectivity index (χ2n) is 3.34. The smallest absolute Gasteiger partial charge is 0.306 e. The lowest BCUT2D eigenvalue weighted by atomic mass is 9.93. The van der Waals surface area contributed by atoms with Crippen molar-refractivity contribution < 1.29 is 19.8 Å². The molecule has 0 aromatic rings. The molecule has 0 bridgehead atoms. The lowest BCUT2D eigenvalue weighted by Gasteiger charge is -2.13. The van der Waals surface area contributed by atoms with Crippen LogP contribution in [0.1, 0.15) is 32.6 Å². The normalized spacial score (nSPS) is 14.7. The van der Waals surface area contributed by atoms with Crippen LogP contribution in [0.25, 0.3) is 0 Å². The van der Waals surface area contributed by atoms with Crippen LogP contribution in [0.5, 0.6) is 0 Å². The monoisotopic (exact) mass is 201 g/mol. The molecule has 2 unspecified atom stereocenters. The fourth-order valence-electron chi connectivity index (χ4n) is 1.30. The number of carboxylic acids is 2. The maximum atomic E-state index is 10.6. The summed E-state index contributed by atoms with van der Waals surface area (Å²) < 4.78 is 0. The summed E-state index contributed by atoms with van der Waals surface area (Å²) in [6, 6.07) is 0. The third-order valence-electron chi connectivity index (χ3n) is 2.40. The molecular weight excluding hydrogens is 184 g/mol. The van der Waals surface area contributed by atoms with Gasteiger partial charge in [0.2, 0.25) is 0 Å². The molecule has 0 saturated heterocycles. The summed E-state index contributed by atoms with van der Waals surface area (Å²) in [4.78, 5) is 21.3. The average Bonchev–Trinajstić information content (AvgIpc) is 2.11. The van der Waals surface area contributed by atoms with E-state index in [1.807, 2.05) is 0 Å². The Bertz CT molecular complexity index is 178. The van der Waals surface area contributed by atoms with E-state index in [-0.39, 0.29) is 0 Å². The molecule has 0 amide bonds. The summed E-state index contributed by atoms with van der Waals surface area (Å²) >= 11 is 0. The Morgan fingerprint density at radius 1 is 1.14 bits per heavy atom. The molecule has 4 heteroatoms. The van der Waals surface area contributed by atoms with Gasteiger partial charge in [0.1, 0.15) is 0 Å². The van der Waals surface area contributed by atoms with Gasteiger partial charge in [-0.05, 0) is 25.7 Å².